The van der Waals surface area contributed by atoms with Crippen molar-refractivity contribution < 1.29 is 23.9 Å². The molecule has 1 aromatic carbocycles. The average Bonchev–Trinajstić information content (AvgIpc) is 2.91. The first-order chi connectivity index (χ1) is 12.9. The quantitative estimate of drug-likeness (QED) is 0.612. The standard InChI is InChI=1S/C20H28N2O5/c1-5-21(6-2)17(23)13-20(15-8-7-9-16(12-15)27-4)14-18(24)22(19(20)25)10-11-26-3/h7-9,12H,5-6,10-11,13-14H2,1-4H3. The molecule has 0 spiro atoms. The zero-order valence-corrected chi connectivity index (χ0v) is 16.5. The number of hydrogen-bond acceptors (Lipinski definition) is 5. The van der Waals surface area contributed by atoms with Crippen molar-refractivity contribution in [2.75, 3.05) is 40.5 Å². The molecule has 3 amide bonds. The van der Waals surface area contributed by atoms with Crippen LogP contribution in [0.2, 0.25) is 0 Å². The zero-order chi connectivity index (χ0) is 20.0. The second kappa shape index (κ2) is 8.99. The van der Waals surface area contributed by atoms with Crippen LogP contribution >= 0.6 is 0 Å². The number of methoxy groups -OCH3 is 2. The van der Waals surface area contributed by atoms with Gasteiger partial charge in [0.2, 0.25) is 17.7 Å². The van der Waals surface area contributed by atoms with Crippen LogP contribution in [0.3, 0.4) is 0 Å². The number of hydrogen-bond donors (Lipinski definition) is 0. The Morgan fingerprint density at radius 3 is 2.52 bits per heavy atom. The summed E-state index contributed by atoms with van der Waals surface area (Å²) in [6, 6.07) is 7.06. The van der Waals surface area contributed by atoms with E-state index in [2.05, 4.69) is 0 Å². The van der Waals surface area contributed by atoms with Crippen LogP contribution in [-0.2, 0) is 24.5 Å². The van der Waals surface area contributed by atoms with Crippen molar-refractivity contribution in [2.24, 2.45) is 0 Å². The lowest BCUT2D eigenvalue weighted by molar-refractivity contribution is -0.143. The highest BCUT2D eigenvalue weighted by Gasteiger charge is 2.54. The molecule has 1 aliphatic heterocycles. The summed E-state index contributed by atoms with van der Waals surface area (Å²) in [7, 11) is 3.06. The Bertz CT molecular complexity index is 701. The predicted molar refractivity (Wildman–Crippen MR) is 100 cm³/mol. The second-order valence-electron chi connectivity index (χ2n) is 6.58. The van der Waals surface area contributed by atoms with Crippen LogP contribution in [0.4, 0.5) is 0 Å². The number of likely N-dealkylation sites (tertiary alicyclic amines) is 1. The minimum absolute atomic E-state index is 0.0320. The van der Waals surface area contributed by atoms with Crippen LogP contribution in [0, 0.1) is 0 Å². The van der Waals surface area contributed by atoms with E-state index < -0.39 is 5.41 Å². The number of carbonyl (C=O) groups is 3. The van der Waals surface area contributed by atoms with E-state index in [9.17, 15) is 14.4 Å². The first-order valence-corrected chi connectivity index (χ1v) is 9.19. The SMILES string of the molecule is CCN(CC)C(=O)CC1(c2cccc(OC)c2)CC(=O)N(CCOC)C1=O. The van der Waals surface area contributed by atoms with Gasteiger partial charge in [-0.15, -0.1) is 0 Å². The van der Waals surface area contributed by atoms with E-state index >= 15 is 0 Å². The molecule has 7 heteroatoms. The van der Waals surface area contributed by atoms with Crippen molar-refractivity contribution in [3.63, 3.8) is 0 Å². The fourth-order valence-electron chi connectivity index (χ4n) is 3.54. The third-order valence-corrected chi connectivity index (χ3v) is 5.12. The number of nitrogens with zero attached hydrogens (tertiary/aromatic N) is 2. The highest BCUT2D eigenvalue weighted by atomic mass is 16.5. The van der Waals surface area contributed by atoms with Gasteiger partial charge in [0, 0.05) is 33.0 Å². The zero-order valence-electron chi connectivity index (χ0n) is 16.5. The Kier molecular flexibility index (Phi) is 6.96. The average molecular weight is 376 g/mol. The molecule has 27 heavy (non-hydrogen) atoms. The normalized spacial score (nSPS) is 19.5. The molecule has 1 unspecified atom stereocenters. The molecular weight excluding hydrogens is 348 g/mol. The van der Waals surface area contributed by atoms with Gasteiger partial charge in [-0.25, -0.2) is 0 Å². The van der Waals surface area contributed by atoms with Crippen molar-refractivity contribution in [3.05, 3.63) is 29.8 Å². The smallest absolute Gasteiger partial charge is 0.240 e. The van der Waals surface area contributed by atoms with Gasteiger partial charge in [-0.05, 0) is 31.5 Å². The minimum atomic E-state index is -1.21. The maximum absolute atomic E-state index is 13.3. The predicted octanol–water partition coefficient (Wildman–Crippen LogP) is 1.60. The first kappa shape index (κ1) is 20.9. The molecule has 2 rings (SSSR count). The Morgan fingerprint density at radius 2 is 1.93 bits per heavy atom. The van der Waals surface area contributed by atoms with Gasteiger partial charge < -0.3 is 14.4 Å². The van der Waals surface area contributed by atoms with E-state index in [0.717, 1.165) is 0 Å². The highest BCUT2D eigenvalue weighted by Crippen LogP contribution is 2.41. The Balaban J connectivity index is 2.47. The second-order valence-corrected chi connectivity index (χ2v) is 6.58. The van der Waals surface area contributed by atoms with Crippen molar-refractivity contribution in [1.82, 2.24) is 9.80 Å². The fourth-order valence-corrected chi connectivity index (χ4v) is 3.54. The maximum atomic E-state index is 13.3. The van der Waals surface area contributed by atoms with E-state index in [4.69, 9.17) is 9.47 Å². The number of rotatable bonds is 9. The number of benzene rings is 1. The van der Waals surface area contributed by atoms with E-state index in [1.165, 1.54) is 12.0 Å². The van der Waals surface area contributed by atoms with Crippen LogP contribution < -0.4 is 4.74 Å². The van der Waals surface area contributed by atoms with Crippen LogP contribution in [0.15, 0.2) is 24.3 Å². The van der Waals surface area contributed by atoms with Gasteiger partial charge in [0.05, 0.1) is 25.7 Å². The monoisotopic (exact) mass is 376 g/mol. The fraction of sp³-hybridized carbons (Fsp3) is 0.550. The third-order valence-electron chi connectivity index (χ3n) is 5.12. The van der Waals surface area contributed by atoms with Crippen LogP contribution in [0.1, 0.15) is 32.3 Å². The molecule has 0 aromatic heterocycles. The van der Waals surface area contributed by atoms with Gasteiger partial charge in [-0.1, -0.05) is 12.1 Å². The Labute approximate surface area is 160 Å². The summed E-state index contributed by atoms with van der Waals surface area (Å²) >= 11 is 0. The van der Waals surface area contributed by atoms with E-state index in [1.807, 2.05) is 13.8 Å². The van der Waals surface area contributed by atoms with Gasteiger partial charge in [-0.2, -0.15) is 0 Å². The number of ether oxygens (including phenoxy) is 2. The molecule has 0 bridgehead atoms. The summed E-state index contributed by atoms with van der Waals surface area (Å²) in [5.41, 5.74) is -0.584. The topological polar surface area (TPSA) is 76.2 Å². The molecule has 1 aromatic rings. The van der Waals surface area contributed by atoms with E-state index in [0.29, 0.717) is 24.4 Å². The molecule has 1 atom stereocenters. The number of amides is 3. The summed E-state index contributed by atoms with van der Waals surface area (Å²) in [6.45, 7) is 5.34. The molecule has 0 aliphatic carbocycles. The summed E-state index contributed by atoms with van der Waals surface area (Å²) in [6.07, 6.45) is -0.0778. The molecule has 1 heterocycles. The molecule has 1 aliphatic rings. The van der Waals surface area contributed by atoms with Gasteiger partial charge in [0.1, 0.15) is 5.75 Å². The van der Waals surface area contributed by atoms with Gasteiger partial charge in [0.15, 0.2) is 0 Å². The summed E-state index contributed by atoms with van der Waals surface area (Å²) in [5, 5.41) is 0. The molecule has 0 saturated carbocycles. The lowest BCUT2D eigenvalue weighted by Gasteiger charge is -2.30. The van der Waals surface area contributed by atoms with Crippen molar-refractivity contribution in [2.45, 2.75) is 32.1 Å². The van der Waals surface area contributed by atoms with Crippen molar-refractivity contribution >= 4 is 17.7 Å². The summed E-state index contributed by atoms with van der Waals surface area (Å²) < 4.78 is 10.3. The maximum Gasteiger partial charge on any atom is 0.240 e. The largest absolute Gasteiger partial charge is 0.497 e. The van der Waals surface area contributed by atoms with Crippen LogP contribution in [-0.4, -0.2) is 68.0 Å². The van der Waals surface area contributed by atoms with Crippen LogP contribution in [0.25, 0.3) is 0 Å². The third kappa shape index (κ3) is 4.13. The first-order valence-electron chi connectivity index (χ1n) is 9.19. The number of carbonyl (C=O) groups excluding carboxylic acids is 3. The Hall–Kier alpha value is -2.41. The molecule has 0 radical (unpaired) electrons. The van der Waals surface area contributed by atoms with Gasteiger partial charge in [-0.3, -0.25) is 19.3 Å². The lowest BCUT2D eigenvalue weighted by Crippen LogP contribution is -2.44. The van der Waals surface area contributed by atoms with E-state index in [-0.39, 0.29) is 43.7 Å². The molecule has 0 N–H and O–H groups in total. The molecule has 1 fully saturated rings. The van der Waals surface area contributed by atoms with Crippen LogP contribution in [0.5, 0.6) is 5.75 Å². The van der Waals surface area contributed by atoms with Crippen molar-refractivity contribution in [1.29, 1.82) is 0 Å². The molecule has 1 saturated heterocycles. The summed E-state index contributed by atoms with van der Waals surface area (Å²) in [4.78, 5) is 41.7. The summed E-state index contributed by atoms with van der Waals surface area (Å²) in [5.74, 6) is -0.194. The highest BCUT2D eigenvalue weighted by molar-refractivity contribution is 6.10. The van der Waals surface area contributed by atoms with Crippen molar-refractivity contribution in [3.8, 4) is 5.75 Å². The Morgan fingerprint density at radius 1 is 1.22 bits per heavy atom. The number of imide groups is 1. The van der Waals surface area contributed by atoms with Gasteiger partial charge in [0.25, 0.3) is 0 Å². The molecule has 148 valence electrons. The van der Waals surface area contributed by atoms with E-state index in [1.54, 1.807) is 36.3 Å². The minimum Gasteiger partial charge on any atom is -0.497 e. The van der Waals surface area contributed by atoms with Gasteiger partial charge >= 0.3 is 0 Å². The molecule has 7 nitrogen and oxygen atoms in total. The lowest BCUT2D eigenvalue weighted by atomic mass is 9.75. The molecular formula is C20H28N2O5.